The number of hydrazine groups is 1. The minimum Gasteiger partial charge on any atom is -0.493 e. The zero-order valence-corrected chi connectivity index (χ0v) is 15.9. The van der Waals surface area contributed by atoms with Gasteiger partial charge in [0.25, 0.3) is 5.91 Å². The van der Waals surface area contributed by atoms with Crippen molar-refractivity contribution >= 4 is 5.91 Å². The number of carbonyl (C=O) groups is 1. The molecular formula is C21H26N2O4. The van der Waals surface area contributed by atoms with E-state index in [9.17, 15) is 4.79 Å². The van der Waals surface area contributed by atoms with Crippen LogP contribution in [0.25, 0.3) is 0 Å². The van der Waals surface area contributed by atoms with Gasteiger partial charge in [0, 0.05) is 18.7 Å². The summed E-state index contributed by atoms with van der Waals surface area (Å²) in [5, 5.41) is 1.96. The molecular weight excluding hydrogens is 344 g/mol. The Balaban J connectivity index is 1.77. The standard InChI is InChI=1S/C21H26N2O4/c1-25-18-13-17(21(24)22-23-11-7-4-8-12-23)14-19(26-2)20(18)27-15-16-9-5-3-6-10-16/h3,5-6,9-10,13-14H,4,7-8,11-12,15H2,1-2H3,(H,22,24). The number of hydrogen-bond donors (Lipinski definition) is 1. The normalized spacial score (nSPS) is 14.4. The number of nitrogens with one attached hydrogen (secondary N) is 1. The molecule has 0 saturated carbocycles. The van der Waals surface area contributed by atoms with Gasteiger partial charge in [0.2, 0.25) is 5.75 Å². The van der Waals surface area contributed by atoms with Gasteiger partial charge in [-0.2, -0.15) is 0 Å². The molecule has 1 aliphatic heterocycles. The van der Waals surface area contributed by atoms with Crippen molar-refractivity contribution in [2.75, 3.05) is 27.3 Å². The predicted octanol–water partition coefficient (Wildman–Crippen LogP) is 3.41. The summed E-state index contributed by atoms with van der Waals surface area (Å²) in [6.07, 6.45) is 3.40. The largest absolute Gasteiger partial charge is 0.493 e. The first-order valence-electron chi connectivity index (χ1n) is 9.20. The maximum atomic E-state index is 12.6. The summed E-state index contributed by atoms with van der Waals surface area (Å²) in [6.45, 7) is 2.13. The van der Waals surface area contributed by atoms with Gasteiger partial charge < -0.3 is 14.2 Å². The lowest BCUT2D eigenvalue weighted by Crippen LogP contribution is -2.45. The van der Waals surface area contributed by atoms with Crippen LogP contribution >= 0.6 is 0 Å². The van der Waals surface area contributed by atoms with Crippen molar-refractivity contribution in [3.8, 4) is 17.2 Å². The zero-order chi connectivity index (χ0) is 19.1. The van der Waals surface area contributed by atoms with Gasteiger partial charge in [-0.1, -0.05) is 36.8 Å². The lowest BCUT2D eigenvalue weighted by molar-refractivity contribution is 0.0749. The topological polar surface area (TPSA) is 60.0 Å². The van der Waals surface area contributed by atoms with Crippen molar-refractivity contribution in [3.05, 3.63) is 53.6 Å². The van der Waals surface area contributed by atoms with Crippen molar-refractivity contribution < 1.29 is 19.0 Å². The van der Waals surface area contributed by atoms with Gasteiger partial charge in [-0.25, -0.2) is 5.01 Å². The van der Waals surface area contributed by atoms with E-state index < -0.39 is 0 Å². The SMILES string of the molecule is COc1cc(C(=O)NN2CCCCC2)cc(OC)c1OCc1ccccc1. The van der Waals surface area contributed by atoms with Gasteiger partial charge in [0.05, 0.1) is 14.2 Å². The molecule has 1 heterocycles. The van der Waals surface area contributed by atoms with Gasteiger partial charge in [-0.05, 0) is 30.5 Å². The molecule has 0 aromatic heterocycles. The number of ether oxygens (including phenoxy) is 3. The molecule has 2 aromatic rings. The van der Waals surface area contributed by atoms with Gasteiger partial charge in [0.15, 0.2) is 11.5 Å². The molecule has 0 radical (unpaired) electrons. The second kappa shape index (κ2) is 9.28. The first-order valence-corrected chi connectivity index (χ1v) is 9.20. The summed E-state index contributed by atoms with van der Waals surface area (Å²) in [5.41, 5.74) is 4.47. The van der Waals surface area contributed by atoms with Gasteiger partial charge in [-0.15, -0.1) is 0 Å². The van der Waals surface area contributed by atoms with Crippen molar-refractivity contribution in [1.82, 2.24) is 10.4 Å². The molecule has 0 aliphatic carbocycles. The number of amides is 1. The lowest BCUT2D eigenvalue weighted by atomic mass is 10.1. The second-order valence-electron chi connectivity index (χ2n) is 6.47. The zero-order valence-electron chi connectivity index (χ0n) is 15.9. The number of hydrogen-bond acceptors (Lipinski definition) is 5. The smallest absolute Gasteiger partial charge is 0.265 e. The first-order chi connectivity index (χ1) is 13.2. The molecule has 0 unspecified atom stereocenters. The Morgan fingerprint density at radius 1 is 1.00 bits per heavy atom. The van der Waals surface area contributed by atoms with Crippen LogP contribution in [0.5, 0.6) is 17.2 Å². The molecule has 1 aliphatic rings. The monoisotopic (exact) mass is 370 g/mol. The van der Waals surface area contributed by atoms with Crippen molar-refractivity contribution in [1.29, 1.82) is 0 Å². The number of rotatable bonds is 7. The molecule has 2 aromatic carbocycles. The third-order valence-electron chi connectivity index (χ3n) is 4.56. The quantitative estimate of drug-likeness (QED) is 0.809. The van der Waals surface area contributed by atoms with Gasteiger partial charge >= 0.3 is 0 Å². The van der Waals surface area contributed by atoms with Crippen LogP contribution in [0.4, 0.5) is 0 Å². The fraction of sp³-hybridized carbons (Fsp3) is 0.381. The summed E-state index contributed by atoms with van der Waals surface area (Å²) in [5.74, 6) is 1.24. The average Bonchev–Trinajstić information content (AvgIpc) is 2.73. The Bertz CT molecular complexity index is 733. The van der Waals surface area contributed by atoms with Gasteiger partial charge in [0.1, 0.15) is 6.61 Å². The van der Waals surface area contributed by atoms with Crippen LogP contribution in [0.3, 0.4) is 0 Å². The summed E-state index contributed by atoms with van der Waals surface area (Å²) < 4.78 is 16.8. The third-order valence-corrected chi connectivity index (χ3v) is 4.56. The van der Waals surface area contributed by atoms with E-state index in [-0.39, 0.29) is 5.91 Å². The fourth-order valence-corrected chi connectivity index (χ4v) is 3.10. The highest BCUT2D eigenvalue weighted by molar-refractivity contribution is 5.95. The highest BCUT2D eigenvalue weighted by atomic mass is 16.5. The Morgan fingerprint density at radius 3 is 2.22 bits per heavy atom. The first kappa shape index (κ1) is 19.0. The van der Waals surface area contributed by atoms with E-state index in [1.54, 1.807) is 26.4 Å². The van der Waals surface area contributed by atoms with Crippen LogP contribution in [0.1, 0.15) is 35.2 Å². The highest BCUT2D eigenvalue weighted by Gasteiger charge is 2.20. The number of piperidine rings is 1. The predicted molar refractivity (Wildman–Crippen MR) is 103 cm³/mol. The van der Waals surface area contributed by atoms with E-state index in [4.69, 9.17) is 14.2 Å². The fourth-order valence-electron chi connectivity index (χ4n) is 3.10. The maximum Gasteiger partial charge on any atom is 0.265 e. The number of nitrogens with zero attached hydrogens (tertiary/aromatic N) is 1. The maximum absolute atomic E-state index is 12.6. The van der Waals surface area contributed by atoms with E-state index in [0.717, 1.165) is 31.5 Å². The van der Waals surface area contributed by atoms with Crippen molar-refractivity contribution in [2.45, 2.75) is 25.9 Å². The van der Waals surface area contributed by atoms with Crippen LogP contribution in [-0.4, -0.2) is 38.2 Å². The third kappa shape index (κ3) is 4.92. The van der Waals surface area contributed by atoms with Crippen molar-refractivity contribution in [2.24, 2.45) is 0 Å². The number of carbonyl (C=O) groups excluding carboxylic acids is 1. The summed E-state index contributed by atoms with van der Waals surface area (Å²) >= 11 is 0. The molecule has 0 bridgehead atoms. The summed E-state index contributed by atoms with van der Waals surface area (Å²) in [6, 6.07) is 13.2. The van der Waals surface area contributed by atoms with Crippen molar-refractivity contribution in [3.63, 3.8) is 0 Å². The number of methoxy groups -OCH3 is 2. The van der Waals surface area contributed by atoms with Crippen LogP contribution in [0.15, 0.2) is 42.5 Å². The minimum absolute atomic E-state index is 0.178. The lowest BCUT2D eigenvalue weighted by Gasteiger charge is -2.27. The van der Waals surface area contributed by atoms with E-state index in [0.29, 0.717) is 29.4 Å². The Labute approximate surface area is 160 Å². The van der Waals surface area contributed by atoms with Crippen LogP contribution < -0.4 is 19.6 Å². The van der Waals surface area contributed by atoms with Crippen LogP contribution in [-0.2, 0) is 6.61 Å². The van der Waals surface area contributed by atoms with Gasteiger partial charge in [-0.3, -0.25) is 10.2 Å². The molecule has 1 amide bonds. The molecule has 1 fully saturated rings. The molecule has 0 atom stereocenters. The number of benzene rings is 2. The summed E-state index contributed by atoms with van der Waals surface area (Å²) in [4.78, 5) is 12.6. The molecule has 6 nitrogen and oxygen atoms in total. The molecule has 6 heteroatoms. The molecule has 27 heavy (non-hydrogen) atoms. The Kier molecular flexibility index (Phi) is 6.54. The molecule has 3 rings (SSSR count). The van der Waals surface area contributed by atoms with E-state index >= 15 is 0 Å². The summed E-state index contributed by atoms with van der Waals surface area (Å²) in [7, 11) is 3.10. The van der Waals surface area contributed by atoms with E-state index in [1.807, 2.05) is 35.3 Å². The second-order valence-corrected chi connectivity index (χ2v) is 6.47. The van der Waals surface area contributed by atoms with Crippen LogP contribution in [0, 0.1) is 0 Å². The minimum atomic E-state index is -0.178. The van der Waals surface area contributed by atoms with E-state index in [2.05, 4.69) is 5.43 Å². The van der Waals surface area contributed by atoms with E-state index in [1.165, 1.54) is 6.42 Å². The molecule has 0 spiro atoms. The van der Waals surface area contributed by atoms with Crippen LogP contribution in [0.2, 0.25) is 0 Å². The Hall–Kier alpha value is -2.73. The molecule has 144 valence electrons. The molecule has 1 saturated heterocycles. The average molecular weight is 370 g/mol. The highest BCUT2D eigenvalue weighted by Crippen LogP contribution is 2.39. The molecule has 1 N–H and O–H groups in total. The Morgan fingerprint density at radius 2 is 1.63 bits per heavy atom.